The molecule has 1 aliphatic rings. The minimum Gasteiger partial charge on any atom is -0.503 e. The van der Waals surface area contributed by atoms with E-state index in [0.717, 1.165) is 5.56 Å². The summed E-state index contributed by atoms with van der Waals surface area (Å²) in [7, 11) is 3.11. The number of ketones is 1. The molecule has 2 rings (SSSR count). The van der Waals surface area contributed by atoms with Crippen LogP contribution in [0.4, 0.5) is 0 Å². The Hall–Kier alpha value is -2.34. The predicted molar refractivity (Wildman–Crippen MR) is 93.4 cm³/mol. The number of carbonyl (C=O) groups excluding carboxylic acids is 2. The predicted octanol–water partition coefficient (Wildman–Crippen LogP) is 2.65. The minimum absolute atomic E-state index is 0.138. The Balaban J connectivity index is 2.52. The number of hydrogen-bond acceptors (Lipinski definition) is 5. The van der Waals surface area contributed by atoms with Crippen LogP contribution in [0.3, 0.4) is 0 Å². The summed E-state index contributed by atoms with van der Waals surface area (Å²) in [6.45, 7) is 5.88. The van der Waals surface area contributed by atoms with Crippen LogP contribution in [0.2, 0.25) is 0 Å². The smallest absolute Gasteiger partial charge is 0.290 e. The zero-order valence-corrected chi connectivity index (χ0v) is 15.3. The van der Waals surface area contributed by atoms with Gasteiger partial charge in [0.05, 0.1) is 25.3 Å². The molecule has 0 saturated carbocycles. The third-order valence-corrected chi connectivity index (χ3v) is 4.20. The van der Waals surface area contributed by atoms with E-state index < -0.39 is 23.1 Å². The van der Waals surface area contributed by atoms with Crippen LogP contribution in [0, 0.1) is 5.41 Å². The van der Waals surface area contributed by atoms with E-state index in [2.05, 4.69) is 0 Å². The fraction of sp³-hybridized carbons (Fsp3) is 0.474. The van der Waals surface area contributed by atoms with Gasteiger partial charge in [-0.05, 0) is 17.7 Å². The Morgan fingerprint density at radius 2 is 1.80 bits per heavy atom. The molecule has 0 aromatic heterocycles. The molecule has 1 atom stereocenters. The zero-order valence-electron chi connectivity index (χ0n) is 15.3. The van der Waals surface area contributed by atoms with Crippen molar-refractivity contribution < 1.29 is 24.2 Å². The molecule has 0 spiro atoms. The first-order chi connectivity index (χ1) is 11.7. The Bertz CT molecular complexity index is 685. The summed E-state index contributed by atoms with van der Waals surface area (Å²) in [6, 6.07) is 6.49. The third kappa shape index (κ3) is 3.69. The number of methoxy groups -OCH3 is 2. The first kappa shape index (κ1) is 19.0. The molecule has 1 amide bonds. The molecule has 1 N–H and O–H groups in total. The molecule has 0 radical (unpaired) electrons. The van der Waals surface area contributed by atoms with Crippen molar-refractivity contribution in [3.05, 3.63) is 41.2 Å². The maximum absolute atomic E-state index is 12.9. The van der Waals surface area contributed by atoms with Crippen molar-refractivity contribution in [2.45, 2.75) is 26.8 Å². The fourth-order valence-electron chi connectivity index (χ4n) is 2.84. The molecule has 1 heterocycles. The van der Waals surface area contributed by atoms with Gasteiger partial charge in [-0.3, -0.25) is 9.59 Å². The highest BCUT2D eigenvalue weighted by atomic mass is 16.5. The van der Waals surface area contributed by atoms with E-state index in [-0.39, 0.29) is 17.9 Å². The highest BCUT2D eigenvalue weighted by Crippen LogP contribution is 2.40. The van der Waals surface area contributed by atoms with Crippen molar-refractivity contribution >= 4 is 11.7 Å². The van der Waals surface area contributed by atoms with Gasteiger partial charge in [0.1, 0.15) is 5.75 Å². The zero-order chi connectivity index (χ0) is 18.8. The van der Waals surface area contributed by atoms with Crippen LogP contribution in [-0.2, 0) is 14.3 Å². The molecule has 6 nitrogen and oxygen atoms in total. The topological polar surface area (TPSA) is 76.1 Å². The Morgan fingerprint density at radius 3 is 2.28 bits per heavy atom. The Labute approximate surface area is 148 Å². The molecule has 1 aromatic carbocycles. The number of nitrogens with zero attached hydrogens (tertiary/aromatic N) is 1. The van der Waals surface area contributed by atoms with Crippen molar-refractivity contribution in [1.82, 2.24) is 4.90 Å². The molecule has 1 aliphatic heterocycles. The van der Waals surface area contributed by atoms with Gasteiger partial charge in [-0.15, -0.1) is 0 Å². The first-order valence-corrected chi connectivity index (χ1v) is 8.14. The fourth-order valence-corrected chi connectivity index (χ4v) is 2.84. The second kappa shape index (κ2) is 7.27. The lowest BCUT2D eigenvalue weighted by atomic mass is 9.82. The second-order valence-corrected chi connectivity index (χ2v) is 7.01. The van der Waals surface area contributed by atoms with Gasteiger partial charge in [0.15, 0.2) is 11.5 Å². The van der Waals surface area contributed by atoms with E-state index in [0.29, 0.717) is 12.4 Å². The van der Waals surface area contributed by atoms with Gasteiger partial charge in [0.2, 0.25) is 0 Å². The van der Waals surface area contributed by atoms with Crippen LogP contribution < -0.4 is 4.74 Å². The van der Waals surface area contributed by atoms with Crippen LogP contribution >= 0.6 is 0 Å². The van der Waals surface area contributed by atoms with E-state index in [9.17, 15) is 14.7 Å². The lowest BCUT2D eigenvalue weighted by Crippen LogP contribution is -2.35. The van der Waals surface area contributed by atoms with Crippen LogP contribution in [0.1, 0.15) is 32.4 Å². The maximum Gasteiger partial charge on any atom is 0.290 e. The van der Waals surface area contributed by atoms with Crippen LogP contribution in [-0.4, -0.2) is 49.1 Å². The number of Topliss-reactive ketones (excluding diaryl/α,β-unsaturated/α-hetero) is 1. The summed E-state index contributed by atoms with van der Waals surface area (Å²) in [5.41, 5.74) is 0.159. The SMILES string of the molecule is COCCN1C(=O)C(O)=C(C(=O)C(C)(C)C)C1c1ccc(OC)cc1. The van der Waals surface area contributed by atoms with E-state index >= 15 is 0 Å². The third-order valence-electron chi connectivity index (χ3n) is 4.20. The Morgan fingerprint density at radius 1 is 1.20 bits per heavy atom. The summed E-state index contributed by atoms with van der Waals surface area (Å²) < 4.78 is 10.2. The standard InChI is InChI=1S/C19H25NO5/c1-19(2,3)17(22)14-15(12-6-8-13(25-5)9-7-12)20(10-11-24-4)18(23)16(14)21/h6-9,15,21H,10-11H2,1-5H3. The number of rotatable bonds is 6. The maximum atomic E-state index is 12.9. The average Bonchev–Trinajstić information content (AvgIpc) is 2.82. The van der Waals surface area contributed by atoms with Crippen molar-refractivity contribution in [3.8, 4) is 5.75 Å². The molecule has 0 saturated heterocycles. The van der Waals surface area contributed by atoms with E-state index in [1.54, 1.807) is 52.1 Å². The molecule has 25 heavy (non-hydrogen) atoms. The van der Waals surface area contributed by atoms with Crippen LogP contribution in [0.25, 0.3) is 0 Å². The van der Waals surface area contributed by atoms with Crippen molar-refractivity contribution in [2.24, 2.45) is 5.41 Å². The summed E-state index contributed by atoms with van der Waals surface area (Å²) >= 11 is 0. The number of benzene rings is 1. The molecule has 0 bridgehead atoms. The number of carbonyl (C=O) groups is 2. The van der Waals surface area contributed by atoms with Crippen molar-refractivity contribution in [3.63, 3.8) is 0 Å². The van der Waals surface area contributed by atoms with Gasteiger partial charge in [0, 0.05) is 19.1 Å². The second-order valence-electron chi connectivity index (χ2n) is 7.01. The van der Waals surface area contributed by atoms with E-state index in [1.165, 1.54) is 12.0 Å². The van der Waals surface area contributed by atoms with Crippen LogP contribution in [0.15, 0.2) is 35.6 Å². The lowest BCUT2D eigenvalue weighted by molar-refractivity contribution is -0.130. The molecule has 0 fully saturated rings. The van der Waals surface area contributed by atoms with Crippen molar-refractivity contribution in [2.75, 3.05) is 27.4 Å². The monoisotopic (exact) mass is 347 g/mol. The van der Waals surface area contributed by atoms with Crippen molar-refractivity contribution in [1.29, 1.82) is 0 Å². The highest BCUT2D eigenvalue weighted by Gasteiger charge is 2.45. The molecule has 0 aliphatic carbocycles. The van der Waals surface area contributed by atoms with Gasteiger partial charge in [-0.25, -0.2) is 0 Å². The molecular formula is C19H25NO5. The summed E-state index contributed by atoms with van der Waals surface area (Å²) in [5, 5.41) is 10.4. The minimum atomic E-state index is -0.717. The van der Waals surface area contributed by atoms with Gasteiger partial charge in [-0.1, -0.05) is 32.9 Å². The normalized spacial score (nSPS) is 18.0. The van der Waals surface area contributed by atoms with Crippen LogP contribution in [0.5, 0.6) is 5.75 Å². The first-order valence-electron chi connectivity index (χ1n) is 8.14. The molecule has 136 valence electrons. The van der Waals surface area contributed by atoms with Gasteiger partial charge in [-0.2, -0.15) is 0 Å². The molecule has 1 aromatic rings. The van der Waals surface area contributed by atoms with Gasteiger partial charge < -0.3 is 19.5 Å². The summed E-state index contributed by atoms with van der Waals surface area (Å²) in [6.07, 6.45) is 0. The number of ether oxygens (including phenoxy) is 2. The highest BCUT2D eigenvalue weighted by molar-refractivity contribution is 6.10. The van der Waals surface area contributed by atoms with E-state index in [1.807, 2.05) is 0 Å². The Kier molecular flexibility index (Phi) is 5.52. The summed E-state index contributed by atoms with van der Waals surface area (Å²) in [5.74, 6) is -0.602. The number of amides is 1. The number of aliphatic hydroxyl groups is 1. The summed E-state index contributed by atoms with van der Waals surface area (Å²) in [4.78, 5) is 26.9. The lowest BCUT2D eigenvalue weighted by Gasteiger charge is -2.28. The van der Waals surface area contributed by atoms with Gasteiger partial charge in [0.25, 0.3) is 5.91 Å². The average molecular weight is 347 g/mol. The molecular weight excluding hydrogens is 322 g/mol. The van der Waals surface area contributed by atoms with E-state index in [4.69, 9.17) is 9.47 Å². The molecule has 1 unspecified atom stereocenters. The number of hydrogen-bond donors (Lipinski definition) is 1. The largest absolute Gasteiger partial charge is 0.503 e. The van der Waals surface area contributed by atoms with Gasteiger partial charge >= 0.3 is 0 Å². The number of aliphatic hydroxyl groups excluding tert-OH is 1. The molecule has 6 heteroatoms. The quantitative estimate of drug-likeness (QED) is 0.856.